The molecule has 3 nitrogen and oxygen atoms in total. The Labute approximate surface area is 81.4 Å². The van der Waals surface area contributed by atoms with Gasteiger partial charge in [0.25, 0.3) is 0 Å². The van der Waals surface area contributed by atoms with E-state index in [-0.39, 0.29) is 0 Å². The van der Waals surface area contributed by atoms with E-state index in [0.717, 1.165) is 12.5 Å². The Balaban J connectivity index is 2.24. The summed E-state index contributed by atoms with van der Waals surface area (Å²) in [5, 5.41) is 0. The van der Waals surface area contributed by atoms with Crippen molar-refractivity contribution in [2.45, 2.75) is 32.7 Å². The first-order chi connectivity index (χ1) is 6.24. The monoisotopic (exact) mass is 186 g/mol. The lowest BCUT2D eigenvalue weighted by Gasteiger charge is -2.33. The molecule has 3 heteroatoms. The van der Waals surface area contributed by atoms with Crippen LogP contribution in [-0.4, -0.2) is 37.7 Å². The van der Waals surface area contributed by atoms with Crippen LogP contribution >= 0.6 is 0 Å². The molecule has 2 atom stereocenters. The maximum atomic E-state index is 5.22. The highest BCUT2D eigenvalue weighted by Gasteiger charge is 2.22. The average Bonchev–Trinajstić information content (AvgIpc) is 2.14. The lowest BCUT2D eigenvalue weighted by molar-refractivity contribution is 0.00360. The van der Waals surface area contributed by atoms with Crippen LogP contribution in [0, 0.1) is 5.92 Å². The van der Waals surface area contributed by atoms with Crippen molar-refractivity contribution in [3.8, 4) is 0 Å². The Bertz CT molecular complexity index is 141. The molecule has 0 aromatic carbocycles. The molecule has 1 aliphatic rings. The Kier molecular flexibility index (Phi) is 4.70. The molecule has 0 aromatic rings. The van der Waals surface area contributed by atoms with Gasteiger partial charge in [0, 0.05) is 12.6 Å². The molecule has 1 rings (SSSR count). The lowest BCUT2D eigenvalue weighted by atomic mass is 9.92. The molecule has 0 bridgehead atoms. The largest absolute Gasteiger partial charge is 0.306 e. The van der Waals surface area contributed by atoms with E-state index in [2.05, 4.69) is 24.4 Å². The molecule has 0 radical (unpaired) electrons. The zero-order valence-corrected chi connectivity index (χ0v) is 9.05. The van der Waals surface area contributed by atoms with Crippen molar-refractivity contribution in [1.82, 2.24) is 10.4 Å². The van der Waals surface area contributed by atoms with Gasteiger partial charge < -0.3 is 9.74 Å². The summed E-state index contributed by atoms with van der Waals surface area (Å²) in [6.07, 6.45) is 2.64. The summed E-state index contributed by atoms with van der Waals surface area (Å²) in [5.74, 6) is 0.741. The van der Waals surface area contributed by atoms with E-state index in [1.165, 1.54) is 25.9 Å². The quantitative estimate of drug-likeness (QED) is 0.669. The van der Waals surface area contributed by atoms with Gasteiger partial charge >= 0.3 is 0 Å². The van der Waals surface area contributed by atoms with Gasteiger partial charge in [-0.3, -0.25) is 0 Å². The third-order valence-corrected chi connectivity index (χ3v) is 2.78. The summed E-state index contributed by atoms with van der Waals surface area (Å²) in [5.41, 5.74) is 3.10. The molecule has 0 aliphatic carbocycles. The van der Waals surface area contributed by atoms with Crippen molar-refractivity contribution in [3.05, 3.63) is 0 Å². The number of hydrogen-bond donors (Lipinski definition) is 1. The zero-order valence-electron chi connectivity index (χ0n) is 9.05. The standard InChI is InChI=1S/C10H22N2O/c1-4-13-11-9(2)10-6-5-7-12(3)8-10/h9-11H,4-8H2,1-3H3. The summed E-state index contributed by atoms with van der Waals surface area (Å²) >= 11 is 0. The first kappa shape index (κ1) is 11.0. The minimum atomic E-state index is 0.475. The SMILES string of the molecule is CCONC(C)C1CCCN(C)C1. The molecule has 0 amide bonds. The number of hydroxylamine groups is 1. The van der Waals surface area contributed by atoms with Crippen LogP contribution in [-0.2, 0) is 4.84 Å². The average molecular weight is 186 g/mol. The Hall–Kier alpha value is -0.120. The number of nitrogens with zero attached hydrogens (tertiary/aromatic N) is 1. The highest BCUT2D eigenvalue weighted by Crippen LogP contribution is 2.18. The van der Waals surface area contributed by atoms with E-state index in [0.29, 0.717) is 6.04 Å². The molecule has 0 aromatic heterocycles. The molecule has 1 aliphatic heterocycles. The summed E-state index contributed by atoms with van der Waals surface area (Å²) in [7, 11) is 2.19. The second-order valence-corrected chi connectivity index (χ2v) is 4.00. The number of hydrogen-bond acceptors (Lipinski definition) is 3. The van der Waals surface area contributed by atoms with E-state index in [1.807, 2.05) is 6.92 Å². The van der Waals surface area contributed by atoms with E-state index >= 15 is 0 Å². The van der Waals surface area contributed by atoms with Gasteiger partial charge in [-0.05, 0) is 46.2 Å². The molecule has 78 valence electrons. The van der Waals surface area contributed by atoms with Crippen LogP contribution in [0.15, 0.2) is 0 Å². The van der Waals surface area contributed by atoms with Crippen molar-refractivity contribution in [1.29, 1.82) is 0 Å². The van der Waals surface area contributed by atoms with Crippen molar-refractivity contribution < 1.29 is 4.84 Å². The Morgan fingerprint density at radius 3 is 3.00 bits per heavy atom. The van der Waals surface area contributed by atoms with Gasteiger partial charge in [0.2, 0.25) is 0 Å². The second kappa shape index (κ2) is 5.58. The highest BCUT2D eigenvalue weighted by atomic mass is 16.6. The summed E-state index contributed by atoms with van der Waals surface area (Å²) in [6, 6.07) is 0.475. The molecule has 0 spiro atoms. The van der Waals surface area contributed by atoms with Gasteiger partial charge in [0.15, 0.2) is 0 Å². The molecule has 1 heterocycles. The third kappa shape index (κ3) is 3.63. The highest BCUT2D eigenvalue weighted by molar-refractivity contribution is 4.77. The maximum Gasteiger partial charge on any atom is 0.0654 e. The van der Waals surface area contributed by atoms with Crippen LogP contribution in [0.5, 0.6) is 0 Å². The fourth-order valence-corrected chi connectivity index (χ4v) is 1.93. The first-order valence-electron chi connectivity index (χ1n) is 5.30. The van der Waals surface area contributed by atoms with E-state index < -0.39 is 0 Å². The summed E-state index contributed by atoms with van der Waals surface area (Å²) < 4.78 is 0. The number of nitrogens with one attached hydrogen (secondary N) is 1. The minimum Gasteiger partial charge on any atom is -0.306 e. The Morgan fingerprint density at radius 2 is 2.38 bits per heavy atom. The van der Waals surface area contributed by atoms with Gasteiger partial charge in [-0.1, -0.05) is 0 Å². The van der Waals surface area contributed by atoms with Crippen molar-refractivity contribution in [2.75, 3.05) is 26.7 Å². The van der Waals surface area contributed by atoms with Crippen molar-refractivity contribution in [2.24, 2.45) is 5.92 Å². The fraction of sp³-hybridized carbons (Fsp3) is 1.00. The van der Waals surface area contributed by atoms with Gasteiger partial charge in [0.1, 0.15) is 0 Å². The normalized spacial score (nSPS) is 27.5. The molecule has 13 heavy (non-hydrogen) atoms. The Morgan fingerprint density at radius 1 is 1.62 bits per heavy atom. The van der Waals surface area contributed by atoms with Crippen LogP contribution in [0.3, 0.4) is 0 Å². The van der Waals surface area contributed by atoms with E-state index in [1.54, 1.807) is 0 Å². The molecule has 2 unspecified atom stereocenters. The van der Waals surface area contributed by atoms with Crippen LogP contribution in [0.2, 0.25) is 0 Å². The molecule has 1 fully saturated rings. The summed E-state index contributed by atoms with van der Waals surface area (Å²) in [6.45, 7) is 7.40. The van der Waals surface area contributed by atoms with E-state index in [9.17, 15) is 0 Å². The molecular formula is C10H22N2O. The fourth-order valence-electron chi connectivity index (χ4n) is 1.93. The van der Waals surface area contributed by atoms with Gasteiger partial charge in [-0.25, -0.2) is 0 Å². The van der Waals surface area contributed by atoms with Crippen LogP contribution in [0.4, 0.5) is 0 Å². The maximum absolute atomic E-state index is 5.22. The predicted octanol–water partition coefficient (Wildman–Crippen LogP) is 1.26. The van der Waals surface area contributed by atoms with Crippen molar-refractivity contribution >= 4 is 0 Å². The van der Waals surface area contributed by atoms with Gasteiger partial charge in [-0.15, -0.1) is 0 Å². The number of rotatable bonds is 4. The predicted molar refractivity (Wildman–Crippen MR) is 54.4 cm³/mol. The lowest BCUT2D eigenvalue weighted by Crippen LogP contribution is -2.43. The molecule has 1 N–H and O–H groups in total. The topological polar surface area (TPSA) is 24.5 Å². The van der Waals surface area contributed by atoms with Crippen LogP contribution in [0.1, 0.15) is 26.7 Å². The minimum absolute atomic E-state index is 0.475. The van der Waals surface area contributed by atoms with Gasteiger partial charge in [0.05, 0.1) is 6.61 Å². The van der Waals surface area contributed by atoms with Gasteiger partial charge in [-0.2, -0.15) is 5.48 Å². The summed E-state index contributed by atoms with van der Waals surface area (Å²) in [4.78, 5) is 7.62. The van der Waals surface area contributed by atoms with E-state index in [4.69, 9.17) is 4.84 Å². The van der Waals surface area contributed by atoms with Crippen LogP contribution in [0.25, 0.3) is 0 Å². The molecular weight excluding hydrogens is 164 g/mol. The van der Waals surface area contributed by atoms with Crippen LogP contribution < -0.4 is 5.48 Å². The second-order valence-electron chi connectivity index (χ2n) is 4.00. The number of likely N-dealkylation sites (tertiary alicyclic amines) is 1. The molecule has 0 saturated carbocycles. The number of piperidine rings is 1. The first-order valence-corrected chi connectivity index (χ1v) is 5.30. The zero-order chi connectivity index (χ0) is 9.68. The van der Waals surface area contributed by atoms with Crippen molar-refractivity contribution in [3.63, 3.8) is 0 Å². The third-order valence-electron chi connectivity index (χ3n) is 2.78. The smallest absolute Gasteiger partial charge is 0.0654 e. The molecule has 1 saturated heterocycles.